The second kappa shape index (κ2) is 87.9. The summed E-state index contributed by atoms with van der Waals surface area (Å²) in [7, 11) is 4.61. The van der Waals surface area contributed by atoms with Gasteiger partial charge in [0.25, 0.3) is 0 Å². The third kappa shape index (κ3) is 137. The van der Waals surface area contributed by atoms with E-state index in [2.05, 4.69) is 50.0 Å². The zero-order valence-electron chi connectivity index (χ0n) is 16.1. The van der Waals surface area contributed by atoms with Gasteiger partial charge in [0.1, 0.15) is 0 Å². The maximum atomic E-state index is 5.96. The molecule has 0 aromatic heterocycles. The van der Waals surface area contributed by atoms with Crippen LogP contribution in [0.1, 0.15) is 86.0 Å². The predicted molar refractivity (Wildman–Crippen MR) is 108 cm³/mol. The molecule has 0 radical (unpaired) electrons. The molecule has 0 saturated heterocycles. The summed E-state index contributed by atoms with van der Waals surface area (Å²) in [6, 6.07) is 0. The van der Waals surface area contributed by atoms with Gasteiger partial charge in [-0.05, 0) is 6.92 Å². The molecule has 4 nitrogen and oxygen atoms in total. The Morgan fingerprint density at radius 1 is 0.708 bits per heavy atom. The van der Waals surface area contributed by atoms with Crippen LogP contribution in [-0.2, 0) is 39.8 Å². The number of unbranched alkanes of at least 4 members (excludes halogenated alkanes) is 8. The van der Waals surface area contributed by atoms with E-state index in [1.807, 2.05) is 5.92 Å². The van der Waals surface area contributed by atoms with Crippen molar-refractivity contribution in [2.75, 3.05) is 0 Å². The number of rotatable bonds is 8. The summed E-state index contributed by atoms with van der Waals surface area (Å²) < 4.78 is 0. The van der Waals surface area contributed by atoms with Gasteiger partial charge in [-0.2, -0.15) is 25.7 Å². The molecule has 0 rings (SSSR count). The minimum absolute atomic E-state index is 0. The first kappa shape index (κ1) is 56.2. The van der Waals surface area contributed by atoms with E-state index in [0.717, 1.165) is 0 Å². The van der Waals surface area contributed by atoms with Crippen LogP contribution in [0.15, 0.2) is 0 Å². The smallest absolute Gasteiger partial charge is 0.693 e. The average Bonchev–Trinajstić information content (AvgIpc) is 2.44. The fourth-order valence-corrected chi connectivity index (χ4v) is 1.11. The first-order valence-corrected chi connectivity index (χ1v) is 10.1. The molecule has 0 unspecified atom stereocenters. The Balaban J connectivity index is -0.0000000181. The zero-order chi connectivity index (χ0) is 15.8. The molecule has 0 aliphatic carbocycles. The minimum Gasteiger partial charge on any atom is -0.693 e. The number of hydrogen-bond acceptors (Lipinski definition) is 0. The van der Waals surface area contributed by atoms with Gasteiger partial charge >= 0.3 is 49.3 Å². The summed E-state index contributed by atoms with van der Waals surface area (Å²) >= 11 is 1.61. The van der Waals surface area contributed by atoms with Crippen molar-refractivity contribution >= 4 is 9.42 Å². The summed E-state index contributed by atoms with van der Waals surface area (Å²) in [6.07, 6.45) is 21.1. The molecule has 0 saturated carbocycles. The zero-order valence-corrected chi connectivity index (χ0v) is 21.4. The van der Waals surface area contributed by atoms with Gasteiger partial charge in [-0.15, -0.1) is 0 Å². The van der Waals surface area contributed by atoms with E-state index in [-0.39, 0.29) is 45.7 Å². The van der Waals surface area contributed by atoms with Crippen molar-refractivity contribution in [2.45, 2.75) is 86.0 Å². The van der Waals surface area contributed by atoms with Crippen LogP contribution in [0.3, 0.4) is 0 Å². The van der Waals surface area contributed by atoms with Crippen molar-refractivity contribution < 1.29 is 39.8 Å². The van der Waals surface area contributed by atoms with Gasteiger partial charge in [-0.3, -0.25) is 0 Å². The van der Waals surface area contributed by atoms with Crippen LogP contribution >= 0.6 is 9.42 Å². The maximum Gasteiger partial charge on any atom is 4.00 e. The van der Waals surface area contributed by atoms with E-state index in [4.69, 9.17) is 6.42 Å². The SMILES string of the molecule is CCC[CH-]CCC.CCC[CH-]CCC.[C-]#CC.[Cl][Pt].[NH2-].[NH2-].[NH2-].[NH2-].[Pt+4]. The first-order valence-electron chi connectivity index (χ1n) is 7.33. The van der Waals surface area contributed by atoms with E-state index in [9.17, 15) is 0 Å². The monoisotopic (exact) mass is 726 g/mol. The molecule has 0 bridgehead atoms. The van der Waals surface area contributed by atoms with Crippen LogP contribution in [-0.4, -0.2) is 0 Å². The number of hydrogen-bond donors (Lipinski definition) is 0. The summed E-state index contributed by atoms with van der Waals surface area (Å²) in [5.74, 6) is 2.00. The van der Waals surface area contributed by atoms with Gasteiger partial charge < -0.3 is 49.8 Å². The molecule has 0 spiro atoms. The quantitative estimate of drug-likeness (QED) is 0.134. The van der Waals surface area contributed by atoms with E-state index < -0.39 is 0 Å². The van der Waals surface area contributed by atoms with Crippen LogP contribution in [0.4, 0.5) is 0 Å². The Hall–Kier alpha value is 1.07. The number of halogens is 1. The summed E-state index contributed by atoms with van der Waals surface area (Å²) in [6.45, 7) is 10.4. The topological polar surface area (TPSA) is 134 Å². The van der Waals surface area contributed by atoms with Crippen molar-refractivity contribution in [1.82, 2.24) is 0 Å². The van der Waals surface area contributed by atoms with E-state index in [1.54, 1.807) is 25.7 Å². The van der Waals surface area contributed by atoms with E-state index in [1.165, 1.54) is 51.4 Å². The molecule has 0 aliphatic heterocycles. The number of nitrogens with two attached hydrogens (primary N) is 4. The summed E-state index contributed by atoms with van der Waals surface area (Å²) in [4.78, 5) is 0. The van der Waals surface area contributed by atoms with Gasteiger partial charge in [0.15, 0.2) is 0 Å². The van der Waals surface area contributed by atoms with Crippen LogP contribution in [0, 0.1) is 25.2 Å². The molecule has 0 heterocycles. The second-order valence-corrected chi connectivity index (χ2v) is 3.98. The van der Waals surface area contributed by atoms with Crippen molar-refractivity contribution in [3.63, 3.8) is 0 Å². The molecule has 0 atom stereocenters. The summed E-state index contributed by atoms with van der Waals surface area (Å²) in [5.41, 5.74) is 0. The molecular formula is C17H41ClN4Pt2-3. The van der Waals surface area contributed by atoms with Crippen LogP contribution in [0.2, 0.25) is 0 Å². The van der Waals surface area contributed by atoms with Crippen molar-refractivity contribution in [2.24, 2.45) is 0 Å². The largest absolute Gasteiger partial charge is 4.00 e. The second-order valence-electron chi connectivity index (χ2n) is 3.98. The van der Waals surface area contributed by atoms with Crippen LogP contribution < -0.4 is 0 Å². The third-order valence-corrected chi connectivity index (χ3v) is 1.97. The molecule has 0 fully saturated rings. The fourth-order valence-electron chi connectivity index (χ4n) is 1.11. The predicted octanol–water partition coefficient (Wildman–Crippen LogP) is 9.73. The van der Waals surface area contributed by atoms with Gasteiger partial charge in [0.2, 0.25) is 0 Å². The molecule has 24 heavy (non-hydrogen) atoms. The fraction of sp³-hybridized carbons (Fsp3) is 0.765. The standard InChI is InChI=1S/2C7H15.C3H3.ClH.4H2N.2Pt/c2*1-3-5-7-6-4-2;1-3-2;;;;;;;/h2*7H,3-6H2,1-2H3;1H3;1H;4*1H2;;/q3*-1;;4*-1;+1;+4/p-1. The van der Waals surface area contributed by atoms with E-state index in [0.29, 0.717) is 0 Å². The Labute approximate surface area is 184 Å². The molecule has 8 N–H and O–H groups in total. The van der Waals surface area contributed by atoms with Gasteiger partial charge in [0, 0.05) is 0 Å². The average molecular weight is 727 g/mol. The Morgan fingerprint density at radius 2 is 0.833 bits per heavy atom. The van der Waals surface area contributed by atoms with Crippen molar-refractivity contribution in [3.8, 4) is 5.92 Å². The summed E-state index contributed by atoms with van der Waals surface area (Å²) in [5, 5.41) is 0. The molecule has 7 heteroatoms. The molecule has 0 amide bonds. The van der Waals surface area contributed by atoms with Crippen LogP contribution in [0.5, 0.6) is 0 Å². The molecule has 0 aliphatic rings. The Morgan fingerprint density at radius 3 is 0.917 bits per heavy atom. The normalized spacial score (nSPS) is 6.12. The Bertz CT molecular complexity index is 131. The minimum atomic E-state index is 0. The van der Waals surface area contributed by atoms with Gasteiger partial charge in [-0.25, -0.2) is 0 Å². The van der Waals surface area contributed by atoms with Crippen molar-refractivity contribution in [3.05, 3.63) is 43.9 Å². The third-order valence-electron chi connectivity index (χ3n) is 1.97. The molecular weight excluding hydrogens is 686 g/mol. The van der Waals surface area contributed by atoms with Crippen molar-refractivity contribution in [1.29, 1.82) is 0 Å². The van der Waals surface area contributed by atoms with Gasteiger partial charge in [-0.1, -0.05) is 53.4 Å². The maximum absolute atomic E-state index is 5.96. The molecule has 159 valence electrons. The van der Waals surface area contributed by atoms with Gasteiger partial charge in [0.05, 0.1) is 0 Å². The molecule has 0 aromatic carbocycles. The van der Waals surface area contributed by atoms with E-state index >= 15 is 0 Å². The van der Waals surface area contributed by atoms with Crippen LogP contribution in [0.25, 0.3) is 24.6 Å². The Kier molecular flexibility index (Phi) is 206. The first-order chi connectivity index (χ1) is 9.24. The molecule has 0 aromatic rings.